The highest BCUT2D eigenvalue weighted by molar-refractivity contribution is 5.51. The van der Waals surface area contributed by atoms with Gasteiger partial charge in [-0.2, -0.15) is 0 Å². The van der Waals surface area contributed by atoms with E-state index in [9.17, 15) is 0 Å². The van der Waals surface area contributed by atoms with E-state index in [0.717, 1.165) is 12.5 Å². The zero-order valence-corrected chi connectivity index (χ0v) is 22.0. The van der Waals surface area contributed by atoms with Crippen LogP contribution in [0.25, 0.3) is 12.2 Å². The minimum absolute atomic E-state index is 0.875. The molecule has 2 rings (SSSR count). The second kappa shape index (κ2) is 19.1. The summed E-state index contributed by atoms with van der Waals surface area (Å²) in [4.78, 5) is 2.33. The molecular weight excluding hydrogens is 410 g/mol. The highest BCUT2D eigenvalue weighted by atomic mass is 15.1. The van der Waals surface area contributed by atoms with Crippen LogP contribution in [-0.4, -0.2) is 11.4 Å². The third kappa shape index (κ3) is 14.8. The summed E-state index contributed by atoms with van der Waals surface area (Å²) in [6, 6.07) is 21.1. The van der Waals surface area contributed by atoms with E-state index >= 15 is 0 Å². The van der Waals surface area contributed by atoms with Crippen LogP contribution in [0.1, 0.15) is 108 Å². The monoisotopic (exact) mass is 459 g/mol. The molecule has 0 unspecified atom stereocenters. The van der Waals surface area contributed by atoms with Crippen LogP contribution in [0.5, 0.6) is 0 Å². The lowest BCUT2D eigenvalue weighted by Gasteiger charge is -2.15. The van der Waals surface area contributed by atoms with Crippen molar-refractivity contribution >= 4 is 12.2 Å². The molecule has 0 aliphatic heterocycles. The van der Waals surface area contributed by atoms with E-state index in [1.165, 1.54) is 94.6 Å². The summed E-state index contributed by atoms with van der Waals surface area (Å²) in [5, 5.41) is 0. The van der Waals surface area contributed by atoms with Gasteiger partial charge in [0.15, 0.2) is 0 Å². The first-order valence-electron chi connectivity index (χ1n) is 14.0. The van der Waals surface area contributed by atoms with Gasteiger partial charge in [0.1, 0.15) is 0 Å². The Morgan fingerprint density at radius 3 is 1.32 bits per heavy atom. The van der Waals surface area contributed by atoms with Crippen molar-refractivity contribution in [2.24, 2.45) is 5.92 Å². The van der Waals surface area contributed by atoms with Crippen molar-refractivity contribution in [1.82, 2.24) is 4.90 Å². The van der Waals surface area contributed by atoms with Crippen LogP contribution in [-0.2, 0) is 0 Å². The van der Waals surface area contributed by atoms with E-state index in [1.54, 1.807) is 0 Å². The van der Waals surface area contributed by atoms with Crippen molar-refractivity contribution in [2.75, 3.05) is 6.54 Å². The quantitative estimate of drug-likeness (QED) is 0.189. The summed E-state index contributed by atoms with van der Waals surface area (Å²) in [6.07, 6.45) is 27.1. The molecule has 0 radical (unpaired) electrons. The Balaban J connectivity index is 1.57. The van der Waals surface area contributed by atoms with Gasteiger partial charge in [-0.1, -0.05) is 152 Å². The Hall–Kier alpha value is -2.28. The molecule has 0 aromatic heterocycles. The molecule has 0 N–H and O–H groups in total. The first-order valence-corrected chi connectivity index (χ1v) is 14.0. The molecule has 0 bridgehead atoms. The Kier molecular flexibility index (Phi) is 15.7. The zero-order chi connectivity index (χ0) is 24.1. The van der Waals surface area contributed by atoms with Crippen LogP contribution >= 0.6 is 0 Å². The number of hydrogen-bond donors (Lipinski definition) is 0. The normalized spacial score (nSPS) is 11.7. The van der Waals surface area contributed by atoms with Crippen molar-refractivity contribution in [3.63, 3.8) is 0 Å². The van der Waals surface area contributed by atoms with Crippen molar-refractivity contribution < 1.29 is 0 Å². The lowest BCUT2D eigenvalue weighted by atomic mass is 10.0. The van der Waals surface area contributed by atoms with Gasteiger partial charge in [-0.05, 0) is 35.6 Å². The van der Waals surface area contributed by atoms with Gasteiger partial charge in [-0.15, -0.1) is 0 Å². The van der Waals surface area contributed by atoms with Crippen LogP contribution in [0, 0.1) is 5.92 Å². The lowest BCUT2D eigenvalue weighted by Crippen LogP contribution is -2.11. The highest BCUT2D eigenvalue weighted by Gasteiger charge is 1.98. The third-order valence-electron chi connectivity index (χ3n) is 6.46. The summed E-state index contributed by atoms with van der Waals surface area (Å²) in [7, 11) is 0. The molecule has 0 spiro atoms. The predicted molar refractivity (Wildman–Crippen MR) is 153 cm³/mol. The van der Waals surface area contributed by atoms with Gasteiger partial charge in [0.25, 0.3) is 0 Å². The molecule has 0 amide bonds. The summed E-state index contributed by atoms with van der Waals surface area (Å²) in [6.45, 7) is 5.74. The molecule has 1 nitrogen and oxygen atoms in total. The van der Waals surface area contributed by atoms with Crippen molar-refractivity contribution in [2.45, 2.75) is 97.3 Å². The van der Waals surface area contributed by atoms with Crippen LogP contribution in [0.15, 0.2) is 73.1 Å². The molecule has 2 aromatic carbocycles. The van der Waals surface area contributed by atoms with E-state index in [0.29, 0.717) is 0 Å². The van der Waals surface area contributed by atoms with Crippen molar-refractivity contribution in [3.8, 4) is 0 Å². The smallest absolute Gasteiger partial charge is 0.0219 e. The molecular formula is C33H49N. The summed E-state index contributed by atoms with van der Waals surface area (Å²) in [5.41, 5.74) is 2.49. The summed E-state index contributed by atoms with van der Waals surface area (Å²) < 4.78 is 0. The van der Waals surface area contributed by atoms with Gasteiger partial charge < -0.3 is 4.90 Å². The summed E-state index contributed by atoms with van der Waals surface area (Å²) >= 11 is 0. The Bertz CT molecular complexity index is 710. The fourth-order valence-corrected chi connectivity index (χ4v) is 4.31. The largest absolute Gasteiger partial charge is 0.354 e. The number of benzene rings is 2. The second-order valence-electron chi connectivity index (χ2n) is 10.1. The van der Waals surface area contributed by atoms with Crippen molar-refractivity contribution in [1.29, 1.82) is 0 Å². The van der Waals surface area contributed by atoms with E-state index in [2.05, 4.69) is 104 Å². The number of hydrogen-bond acceptors (Lipinski definition) is 1. The Morgan fingerprint density at radius 1 is 0.529 bits per heavy atom. The maximum atomic E-state index is 2.34. The van der Waals surface area contributed by atoms with Gasteiger partial charge in [-0.25, -0.2) is 0 Å². The molecule has 0 heterocycles. The molecule has 0 saturated heterocycles. The average Bonchev–Trinajstić information content (AvgIpc) is 2.86. The van der Waals surface area contributed by atoms with Gasteiger partial charge in [0, 0.05) is 18.9 Å². The third-order valence-corrected chi connectivity index (χ3v) is 6.46. The lowest BCUT2D eigenvalue weighted by molar-refractivity contribution is 0.466. The first kappa shape index (κ1) is 28.0. The Labute approximate surface area is 211 Å². The number of rotatable bonds is 19. The van der Waals surface area contributed by atoms with E-state index < -0.39 is 0 Å². The molecule has 1 heteroatoms. The second-order valence-corrected chi connectivity index (χ2v) is 10.1. The molecule has 0 saturated carbocycles. The fourth-order valence-electron chi connectivity index (χ4n) is 4.31. The maximum absolute atomic E-state index is 2.34. The molecule has 2 aromatic rings. The van der Waals surface area contributed by atoms with Gasteiger partial charge in [-0.3, -0.25) is 0 Å². The van der Waals surface area contributed by atoms with Gasteiger partial charge in [0.2, 0.25) is 0 Å². The van der Waals surface area contributed by atoms with E-state index in [4.69, 9.17) is 0 Å². The highest BCUT2D eigenvalue weighted by Crippen LogP contribution is 2.14. The number of unbranched alkanes of at least 4 members (excludes halogenated alkanes) is 11. The minimum Gasteiger partial charge on any atom is -0.354 e. The number of nitrogens with zero attached hydrogens (tertiary/aromatic N) is 1. The van der Waals surface area contributed by atoms with Crippen LogP contribution < -0.4 is 0 Å². The molecule has 0 atom stereocenters. The van der Waals surface area contributed by atoms with Crippen LogP contribution in [0.3, 0.4) is 0 Å². The Morgan fingerprint density at radius 2 is 0.912 bits per heavy atom. The topological polar surface area (TPSA) is 3.24 Å². The van der Waals surface area contributed by atoms with Crippen LogP contribution in [0.2, 0.25) is 0 Å². The summed E-state index contributed by atoms with van der Waals surface area (Å²) in [5.74, 6) is 0.875. The van der Waals surface area contributed by atoms with Gasteiger partial charge in [0.05, 0.1) is 0 Å². The standard InChI is InChI=1S/C33H49N/c1-31(2)21-15-11-9-7-5-3-4-6-8-10-12-20-28-34(29-26-32-22-16-13-17-23-32)30-27-33-24-18-14-19-25-33/h13-14,16-19,22-27,29-31H,3-12,15,20-21,28H2,1-2H3. The maximum Gasteiger partial charge on any atom is 0.0219 e. The van der Waals surface area contributed by atoms with E-state index in [-0.39, 0.29) is 0 Å². The zero-order valence-electron chi connectivity index (χ0n) is 22.0. The molecule has 0 fully saturated rings. The molecule has 186 valence electrons. The molecule has 0 aliphatic rings. The van der Waals surface area contributed by atoms with Crippen molar-refractivity contribution in [3.05, 3.63) is 84.2 Å². The minimum atomic E-state index is 0.875. The van der Waals surface area contributed by atoms with Crippen LogP contribution in [0.4, 0.5) is 0 Å². The first-order chi connectivity index (χ1) is 16.7. The predicted octanol–water partition coefficient (Wildman–Crippen LogP) is 10.4. The van der Waals surface area contributed by atoms with Gasteiger partial charge >= 0.3 is 0 Å². The molecule has 34 heavy (non-hydrogen) atoms. The van der Waals surface area contributed by atoms with E-state index in [1.807, 2.05) is 0 Å². The molecule has 0 aliphatic carbocycles. The SMILES string of the molecule is CC(C)CCCCCCCCCCCCCCN(C=Cc1ccccc1)C=Cc1ccccc1. The fraction of sp³-hybridized carbons (Fsp3) is 0.515. The average molecular weight is 460 g/mol.